The molecular weight excluding hydrogens is 350 g/mol. The second kappa shape index (κ2) is 7.86. The minimum absolute atomic E-state index is 0.0192. The number of ether oxygens (including phenoxy) is 1. The van der Waals surface area contributed by atoms with E-state index in [9.17, 15) is 19.7 Å². The predicted molar refractivity (Wildman–Crippen MR) is 100 cm³/mol. The van der Waals surface area contributed by atoms with Gasteiger partial charge in [0.25, 0.3) is 5.69 Å². The van der Waals surface area contributed by atoms with Crippen molar-refractivity contribution in [2.75, 3.05) is 23.9 Å². The van der Waals surface area contributed by atoms with E-state index in [0.717, 1.165) is 6.42 Å². The fraction of sp³-hybridized carbons (Fsp3) is 0.263. The minimum Gasteiger partial charge on any atom is -0.495 e. The molecular formula is C19H19N3O5. The molecule has 8 nitrogen and oxygen atoms in total. The Morgan fingerprint density at radius 3 is 2.59 bits per heavy atom. The van der Waals surface area contributed by atoms with Gasteiger partial charge in [0.15, 0.2) is 0 Å². The van der Waals surface area contributed by atoms with Crippen molar-refractivity contribution >= 4 is 28.9 Å². The smallest absolute Gasteiger partial charge is 0.269 e. The van der Waals surface area contributed by atoms with Gasteiger partial charge in [-0.2, -0.15) is 0 Å². The second-order valence-corrected chi connectivity index (χ2v) is 6.18. The Labute approximate surface area is 155 Å². The zero-order chi connectivity index (χ0) is 19.4. The molecule has 1 aliphatic heterocycles. The molecule has 1 heterocycles. The third-order valence-electron chi connectivity index (χ3n) is 4.34. The molecule has 0 bridgehead atoms. The van der Waals surface area contributed by atoms with Crippen LogP contribution in [0.3, 0.4) is 0 Å². The average Bonchev–Trinajstić information content (AvgIpc) is 3.07. The number of carbonyl (C=O) groups is 2. The Hall–Kier alpha value is -3.42. The molecule has 0 aliphatic carbocycles. The Kier molecular flexibility index (Phi) is 5.35. The van der Waals surface area contributed by atoms with E-state index in [1.54, 1.807) is 35.2 Å². The largest absolute Gasteiger partial charge is 0.495 e. The van der Waals surface area contributed by atoms with Crippen LogP contribution in [0.4, 0.5) is 17.1 Å². The van der Waals surface area contributed by atoms with Gasteiger partial charge in [0.2, 0.25) is 11.8 Å². The summed E-state index contributed by atoms with van der Waals surface area (Å²) >= 11 is 0. The predicted octanol–water partition coefficient (Wildman–Crippen LogP) is 2.91. The molecule has 2 aromatic rings. The highest BCUT2D eigenvalue weighted by Gasteiger charge is 2.24. The van der Waals surface area contributed by atoms with Crippen LogP contribution in [-0.2, 0) is 16.0 Å². The summed E-state index contributed by atoms with van der Waals surface area (Å²) in [6, 6.07) is 11.0. The van der Waals surface area contributed by atoms with Gasteiger partial charge in [-0.05, 0) is 30.2 Å². The first kappa shape index (κ1) is 18.4. The third-order valence-corrected chi connectivity index (χ3v) is 4.34. The van der Waals surface area contributed by atoms with E-state index in [2.05, 4.69) is 5.32 Å². The SMILES string of the molecule is COc1ccc(NC(=O)Cc2ccc([N+](=O)[O-])cc2)cc1N1CCCC1=O. The summed E-state index contributed by atoms with van der Waals surface area (Å²) in [7, 11) is 1.53. The van der Waals surface area contributed by atoms with Crippen LogP contribution in [-0.4, -0.2) is 30.4 Å². The van der Waals surface area contributed by atoms with Crippen molar-refractivity contribution in [3.63, 3.8) is 0 Å². The van der Waals surface area contributed by atoms with Crippen LogP contribution >= 0.6 is 0 Å². The minimum atomic E-state index is -0.484. The van der Waals surface area contributed by atoms with Crippen molar-refractivity contribution in [1.82, 2.24) is 0 Å². The Morgan fingerprint density at radius 1 is 1.26 bits per heavy atom. The molecule has 0 spiro atoms. The number of nitrogens with zero attached hydrogens (tertiary/aromatic N) is 2. The highest BCUT2D eigenvalue weighted by atomic mass is 16.6. The van der Waals surface area contributed by atoms with Gasteiger partial charge in [0.1, 0.15) is 5.75 Å². The maximum Gasteiger partial charge on any atom is 0.269 e. The second-order valence-electron chi connectivity index (χ2n) is 6.18. The monoisotopic (exact) mass is 369 g/mol. The van der Waals surface area contributed by atoms with Crippen LogP contribution in [0, 0.1) is 10.1 Å². The zero-order valence-corrected chi connectivity index (χ0v) is 14.8. The van der Waals surface area contributed by atoms with E-state index in [1.165, 1.54) is 19.2 Å². The standard InChI is InChI=1S/C19H19N3O5/c1-27-17-9-6-14(12-16(17)21-10-2-3-19(21)24)20-18(23)11-13-4-7-15(8-5-13)22(25)26/h4-9,12H,2-3,10-11H2,1H3,(H,20,23). The summed E-state index contributed by atoms with van der Waals surface area (Å²) in [5.41, 5.74) is 1.83. The van der Waals surface area contributed by atoms with Crippen LogP contribution in [0.25, 0.3) is 0 Å². The van der Waals surface area contributed by atoms with E-state index < -0.39 is 4.92 Å². The molecule has 0 radical (unpaired) electrons. The molecule has 3 rings (SSSR count). The lowest BCUT2D eigenvalue weighted by molar-refractivity contribution is -0.384. The summed E-state index contributed by atoms with van der Waals surface area (Å²) in [5, 5.41) is 13.5. The number of benzene rings is 2. The number of nitro benzene ring substituents is 1. The molecule has 1 saturated heterocycles. The van der Waals surface area contributed by atoms with Gasteiger partial charge in [-0.3, -0.25) is 19.7 Å². The summed E-state index contributed by atoms with van der Waals surface area (Å²) in [6.07, 6.45) is 1.38. The van der Waals surface area contributed by atoms with Crippen molar-refractivity contribution in [1.29, 1.82) is 0 Å². The van der Waals surface area contributed by atoms with Gasteiger partial charge in [-0.25, -0.2) is 0 Å². The van der Waals surface area contributed by atoms with Gasteiger partial charge < -0.3 is 15.0 Å². The first-order chi connectivity index (χ1) is 13.0. The lowest BCUT2D eigenvalue weighted by atomic mass is 10.1. The highest BCUT2D eigenvalue weighted by Crippen LogP contribution is 2.34. The molecule has 1 N–H and O–H groups in total. The summed E-state index contributed by atoms with van der Waals surface area (Å²) in [4.78, 5) is 36.2. The molecule has 0 unspecified atom stereocenters. The number of methoxy groups -OCH3 is 1. The van der Waals surface area contributed by atoms with E-state index in [-0.39, 0.29) is 23.9 Å². The number of carbonyl (C=O) groups excluding carboxylic acids is 2. The van der Waals surface area contributed by atoms with E-state index in [0.29, 0.717) is 35.7 Å². The maximum absolute atomic E-state index is 12.3. The third kappa shape index (κ3) is 4.22. The van der Waals surface area contributed by atoms with Gasteiger partial charge in [-0.1, -0.05) is 12.1 Å². The topological polar surface area (TPSA) is 102 Å². The molecule has 0 saturated carbocycles. The number of nitrogens with one attached hydrogen (secondary N) is 1. The number of rotatable bonds is 6. The Bertz CT molecular complexity index is 879. The average molecular weight is 369 g/mol. The Morgan fingerprint density at radius 2 is 2.00 bits per heavy atom. The first-order valence-corrected chi connectivity index (χ1v) is 8.49. The van der Waals surface area contributed by atoms with Crippen molar-refractivity contribution in [2.45, 2.75) is 19.3 Å². The van der Waals surface area contributed by atoms with Crippen molar-refractivity contribution < 1.29 is 19.2 Å². The quantitative estimate of drug-likeness (QED) is 0.623. The maximum atomic E-state index is 12.3. The normalized spacial score (nSPS) is 13.5. The van der Waals surface area contributed by atoms with Gasteiger partial charge in [-0.15, -0.1) is 0 Å². The van der Waals surface area contributed by atoms with Crippen LogP contribution in [0.1, 0.15) is 18.4 Å². The fourth-order valence-electron chi connectivity index (χ4n) is 3.01. The fourth-order valence-corrected chi connectivity index (χ4v) is 3.01. The number of anilines is 2. The van der Waals surface area contributed by atoms with Crippen LogP contribution in [0.2, 0.25) is 0 Å². The van der Waals surface area contributed by atoms with Crippen molar-refractivity contribution in [3.05, 3.63) is 58.1 Å². The molecule has 27 heavy (non-hydrogen) atoms. The molecule has 0 aromatic heterocycles. The molecule has 1 aliphatic rings. The number of hydrogen-bond donors (Lipinski definition) is 1. The van der Waals surface area contributed by atoms with Crippen LogP contribution in [0.15, 0.2) is 42.5 Å². The van der Waals surface area contributed by atoms with Crippen molar-refractivity contribution in [3.8, 4) is 5.75 Å². The molecule has 1 fully saturated rings. The number of nitro groups is 1. The van der Waals surface area contributed by atoms with Gasteiger partial charge in [0.05, 0.1) is 24.1 Å². The Balaban J connectivity index is 1.72. The zero-order valence-electron chi connectivity index (χ0n) is 14.8. The summed E-state index contributed by atoms with van der Waals surface area (Å²) in [5.74, 6) is 0.342. The van der Waals surface area contributed by atoms with Gasteiger partial charge >= 0.3 is 0 Å². The van der Waals surface area contributed by atoms with Crippen LogP contribution < -0.4 is 15.0 Å². The van der Waals surface area contributed by atoms with E-state index >= 15 is 0 Å². The lowest BCUT2D eigenvalue weighted by Crippen LogP contribution is -2.24. The number of amides is 2. The summed E-state index contributed by atoms with van der Waals surface area (Å²) < 4.78 is 5.33. The van der Waals surface area contributed by atoms with Gasteiger partial charge in [0, 0.05) is 30.8 Å². The number of hydrogen-bond acceptors (Lipinski definition) is 5. The summed E-state index contributed by atoms with van der Waals surface area (Å²) in [6.45, 7) is 0.620. The molecule has 0 atom stereocenters. The highest BCUT2D eigenvalue weighted by molar-refractivity contribution is 5.98. The first-order valence-electron chi connectivity index (χ1n) is 8.49. The molecule has 2 amide bonds. The number of non-ortho nitro benzene ring substituents is 1. The van der Waals surface area contributed by atoms with Crippen LogP contribution in [0.5, 0.6) is 5.75 Å². The lowest BCUT2D eigenvalue weighted by Gasteiger charge is -2.20. The van der Waals surface area contributed by atoms with E-state index in [1.807, 2.05) is 0 Å². The van der Waals surface area contributed by atoms with E-state index in [4.69, 9.17) is 4.74 Å². The van der Waals surface area contributed by atoms with Crippen molar-refractivity contribution in [2.24, 2.45) is 0 Å². The molecule has 140 valence electrons. The molecule has 8 heteroatoms. The molecule has 2 aromatic carbocycles.